The molecule has 1 aromatic carbocycles. The molecule has 2 atom stereocenters. The number of nitrogens with one attached hydrogen (secondary N) is 3. The lowest BCUT2D eigenvalue weighted by Crippen LogP contribution is -2.43. The summed E-state index contributed by atoms with van der Waals surface area (Å²) in [7, 11) is 2.10. The van der Waals surface area contributed by atoms with E-state index in [1.54, 1.807) is 13.0 Å². The molecule has 224 valence electrons. The summed E-state index contributed by atoms with van der Waals surface area (Å²) < 4.78 is 0. The minimum Gasteiger partial charge on any atom is -0.384 e. The normalized spacial score (nSPS) is 20.7. The average Bonchev–Trinajstić information content (AvgIpc) is 3.31. The summed E-state index contributed by atoms with van der Waals surface area (Å²) in [6, 6.07) is 7.99. The first-order valence-corrected chi connectivity index (χ1v) is 14.8. The van der Waals surface area contributed by atoms with Crippen LogP contribution in [0.2, 0.25) is 0 Å². The Hall–Kier alpha value is -4.35. The van der Waals surface area contributed by atoms with E-state index < -0.39 is 5.60 Å². The highest BCUT2D eigenvalue weighted by Gasteiger charge is 2.37. The van der Waals surface area contributed by atoms with Gasteiger partial charge in [-0.3, -0.25) is 9.59 Å². The van der Waals surface area contributed by atoms with E-state index in [2.05, 4.69) is 51.6 Å². The van der Waals surface area contributed by atoms with Crippen LogP contribution in [-0.4, -0.2) is 68.4 Å². The van der Waals surface area contributed by atoms with Crippen LogP contribution in [0.1, 0.15) is 70.9 Å². The second-order valence-corrected chi connectivity index (χ2v) is 11.8. The molecule has 0 spiro atoms. The Bertz CT molecular complexity index is 1610. The number of aliphatic hydroxyl groups is 1. The number of anilines is 4. The predicted octanol–water partition coefficient (Wildman–Crippen LogP) is 3.71. The van der Waals surface area contributed by atoms with Crippen LogP contribution < -0.4 is 16.0 Å². The van der Waals surface area contributed by atoms with Gasteiger partial charge in [-0.2, -0.15) is 4.98 Å². The minimum atomic E-state index is -0.965. The van der Waals surface area contributed by atoms with Crippen LogP contribution in [-0.2, 0) is 29.9 Å². The van der Waals surface area contributed by atoms with Crippen molar-refractivity contribution in [2.24, 2.45) is 0 Å². The summed E-state index contributed by atoms with van der Waals surface area (Å²) in [5, 5.41) is 20.4. The topological polar surface area (TPSA) is 136 Å². The van der Waals surface area contributed by atoms with E-state index in [-0.39, 0.29) is 29.1 Å². The number of rotatable bonds is 8. The van der Waals surface area contributed by atoms with Gasteiger partial charge in [0.2, 0.25) is 11.9 Å². The van der Waals surface area contributed by atoms with Crippen molar-refractivity contribution in [1.29, 1.82) is 0 Å². The van der Waals surface area contributed by atoms with E-state index in [4.69, 9.17) is 9.97 Å². The van der Waals surface area contributed by atoms with Crippen molar-refractivity contribution in [1.82, 2.24) is 30.1 Å². The van der Waals surface area contributed by atoms with E-state index in [0.717, 1.165) is 42.9 Å². The molecule has 0 saturated carbocycles. The summed E-state index contributed by atoms with van der Waals surface area (Å²) in [6.45, 7) is 10.6. The molecule has 2 aliphatic heterocycles. The quantitative estimate of drug-likeness (QED) is 0.293. The Morgan fingerprint density at radius 1 is 1.14 bits per heavy atom. The molecule has 0 bridgehead atoms. The van der Waals surface area contributed by atoms with Gasteiger partial charge in [0.05, 0.1) is 5.69 Å². The third-order valence-corrected chi connectivity index (χ3v) is 8.73. The molecule has 11 nitrogen and oxygen atoms in total. The first kappa shape index (κ1) is 28.8. The molecule has 3 aliphatic rings. The summed E-state index contributed by atoms with van der Waals surface area (Å²) in [4.78, 5) is 43.4. The van der Waals surface area contributed by atoms with E-state index in [1.807, 2.05) is 24.0 Å². The number of likely N-dealkylation sites (N-methyl/N-ethyl adjacent to an activating group) is 1. The van der Waals surface area contributed by atoms with Crippen LogP contribution in [0.25, 0.3) is 0 Å². The fourth-order valence-electron chi connectivity index (χ4n) is 6.57. The molecule has 0 saturated heterocycles. The SMILES string of the molecule is C=CCNC(=O)c1cnc(Nc2cc3c4c(c2)CN(C(C)=O)CC4CN(C)C3)nc1Nc1ccc2c(n1)C(O)(CC)CC2. The van der Waals surface area contributed by atoms with Crippen molar-refractivity contribution < 1.29 is 14.7 Å². The number of nitrogens with zero attached hydrogens (tertiary/aromatic N) is 5. The highest BCUT2D eigenvalue weighted by Crippen LogP contribution is 2.40. The minimum absolute atomic E-state index is 0.0701. The number of aromatic nitrogens is 3. The van der Waals surface area contributed by atoms with Crippen LogP contribution >= 0.6 is 0 Å². The van der Waals surface area contributed by atoms with Crippen LogP contribution in [0.4, 0.5) is 23.3 Å². The van der Waals surface area contributed by atoms with Crippen LogP contribution in [0.5, 0.6) is 0 Å². The maximum absolute atomic E-state index is 13.0. The van der Waals surface area contributed by atoms with Gasteiger partial charge < -0.3 is 30.9 Å². The van der Waals surface area contributed by atoms with Gasteiger partial charge >= 0.3 is 0 Å². The molecular weight excluding hydrogens is 544 g/mol. The molecule has 2 amide bonds. The van der Waals surface area contributed by atoms with Crippen LogP contribution in [0.15, 0.2) is 43.1 Å². The Kier molecular flexibility index (Phi) is 7.61. The van der Waals surface area contributed by atoms with E-state index in [0.29, 0.717) is 43.4 Å². The van der Waals surface area contributed by atoms with Gasteiger partial charge in [-0.25, -0.2) is 9.97 Å². The van der Waals surface area contributed by atoms with Crippen molar-refractivity contribution in [2.45, 2.75) is 57.7 Å². The third-order valence-electron chi connectivity index (χ3n) is 8.73. The van der Waals surface area contributed by atoms with Crippen molar-refractivity contribution in [2.75, 3.05) is 37.3 Å². The molecule has 0 fully saturated rings. The number of amides is 2. The zero-order valence-electron chi connectivity index (χ0n) is 24.9. The third kappa shape index (κ3) is 5.57. The van der Waals surface area contributed by atoms with Gasteiger partial charge in [-0.05, 0) is 66.8 Å². The predicted molar refractivity (Wildman–Crippen MR) is 164 cm³/mol. The summed E-state index contributed by atoms with van der Waals surface area (Å²) >= 11 is 0. The van der Waals surface area contributed by atoms with E-state index in [9.17, 15) is 14.7 Å². The highest BCUT2D eigenvalue weighted by molar-refractivity contribution is 5.99. The number of hydrogen-bond acceptors (Lipinski definition) is 9. The number of carbonyl (C=O) groups excluding carboxylic acids is 2. The molecule has 4 heterocycles. The lowest BCUT2D eigenvalue weighted by atomic mass is 9.82. The smallest absolute Gasteiger partial charge is 0.256 e. The van der Waals surface area contributed by atoms with E-state index >= 15 is 0 Å². The van der Waals surface area contributed by atoms with Gasteiger partial charge in [-0.1, -0.05) is 19.1 Å². The zero-order valence-corrected chi connectivity index (χ0v) is 24.9. The second kappa shape index (κ2) is 11.4. The summed E-state index contributed by atoms with van der Waals surface area (Å²) in [5.74, 6) is 1.07. The number of fused-ring (bicyclic) bond motifs is 1. The Morgan fingerprint density at radius 2 is 1.93 bits per heavy atom. The maximum Gasteiger partial charge on any atom is 0.256 e. The first-order valence-electron chi connectivity index (χ1n) is 14.8. The standard InChI is InChI=1S/C32H38N8O3/c1-5-11-33-30(42)25-14-34-31(38-29(25)37-26-8-7-20-9-10-32(43,6-2)28(20)36-26)35-24-12-21-15-39(4)16-23-18-40(19(3)41)17-22(13-24)27(21)23/h5,7-8,12-14,23,43H,1,6,9-11,15-18H2,2-4H3,(H,33,42)(H2,34,35,36,37,38). The van der Waals surface area contributed by atoms with Gasteiger partial charge in [0.1, 0.15) is 22.8 Å². The van der Waals surface area contributed by atoms with E-state index in [1.165, 1.54) is 17.3 Å². The largest absolute Gasteiger partial charge is 0.384 e. The number of benzene rings is 1. The van der Waals surface area contributed by atoms with Crippen molar-refractivity contribution in [3.8, 4) is 0 Å². The summed E-state index contributed by atoms with van der Waals surface area (Å²) in [5.41, 5.74) is 5.48. The fourth-order valence-corrected chi connectivity index (χ4v) is 6.57. The molecule has 2 unspecified atom stereocenters. The van der Waals surface area contributed by atoms with Crippen LogP contribution in [0, 0.1) is 0 Å². The van der Waals surface area contributed by atoms with Gasteiger partial charge in [0.25, 0.3) is 5.91 Å². The molecule has 0 radical (unpaired) electrons. The van der Waals surface area contributed by atoms with Gasteiger partial charge in [0, 0.05) is 57.4 Å². The Balaban J connectivity index is 1.34. The number of carbonyl (C=O) groups is 2. The lowest BCUT2D eigenvalue weighted by molar-refractivity contribution is -0.130. The Labute approximate surface area is 251 Å². The first-order chi connectivity index (χ1) is 20.7. The number of hydrogen-bond donors (Lipinski definition) is 4. The molecule has 1 aliphatic carbocycles. The zero-order chi connectivity index (χ0) is 30.3. The van der Waals surface area contributed by atoms with Crippen molar-refractivity contribution in [3.63, 3.8) is 0 Å². The Morgan fingerprint density at radius 3 is 2.67 bits per heavy atom. The molecule has 43 heavy (non-hydrogen) atoms. The average molecular weight is 583 g/mol. The maximum atomic E-state index is 13.0. The monoisotopic (exact) mass is 582 g/mol. The molecule has 2 aromatic heterocycles. The highest BCUT2D eigenvalue weighted by atomic mass is 16.3. The molecule has 11 heteroatoms. The molecule has 3 aromatic rings. The summed E-state index contributed by atoms with van der Waals surface area (Å²) in [6.07, 6.45) is 5.06. The second-order valence-electron chi connectivity index (χ2n) is 11.8. The molecule has 4 N–H and O–H groups in total. The molecule has 6 rings (SSSR count). The number of aryl methyl sites for hydroxylation is 1. The molecular formula is C32H38N8O3. The van der Waals surface area contributed by atoms with Gasteiger partial charge in [0.15, 0.2) is 0 Å². The van der Waals surface area contributed by atoms with Gasteiger partial charge in [-0.15, -0.1) is 6.58 Å². The number of pyridine rings is 1. The fraction of sp³-hybridized carbons (Fsp3) is 0.406. The van der Waals surface area contributed by atoms with Crippen molar-refractivity contribution in [3.05, 3.63) is 76.6 Å². The lowest BCUT2D eigenvalue weighted by Gasteiger charge is -2.41. The van der Waals surface area contributed by atoms with Crippen molar-refractivity contribution >= 4 is 35.1 Å². The van der Waals surface area contributed by atoms with Crippen LogP contribution in [0.3, 0.4) is 0 Å².